The fourth-order valence-corrected chi connectivity index (χ4v) is 3.86. The SMILES string of the molecule is Cl.Ic1cncnc1Nc1ccc2sc(Cc3ccccc3)nc2c1. The molecule has 0 saturated carbocycles. The average molecular weight is 481 g/mol. The molecule has 4 nitrogen and oxygen atoms in total. The van der Waals surface area contributed by atoms with Crippen molar-refractivity contribution in [3.8, 4) is 0 Å². The van der Waals surface area contributed by atoms with Crippen LogP contribution in [0.1, 0.15) is 10.6 Å². The molecule has 0 unspecified atom stereocenters. The molecule has 0 aliphatic heterocycles. The molecule has 0 bridgehead atoms. The highest BCUT2D eigenvalue weighted by molar-refractivity contribution is 14.1. The molecule has 2 aromatic carbocycles. The van der Waals surface area contributed by atoms with Gasteiger partial charge in [0.25, 0.3) is 0 Å². The Kier molecular flexibility index (Phi) is 5.82. The molecule has 0 fully saturated rings. The zero-order chi connectivity index (χ0) is 16.4. The minimum Gasteiger partial charge on any atom is -0.339 e. The number of aromatic nitrogens is 3. The first-order valence-electron chi connectivity index (χ1n) is 7.44. The smallest absolute Gasteiger partial charge is 0.147 e. The van der Waals surface area contributed by atoms with Crippen LogP contribution in [0, 0.1) is 3.57 Å². The van der Waals surface area contributed by atoms with Crippen LogP contribution in [0.4, 0.5) is 11.5 Å². The second kappa shape index (κ2) is 8.07. The van der Waals surface area contributed by atoms with Crippen molar-refractivity contribution in [2.75, 3.05) is 5.32 Å². The quantitative estimate of drug-likeness (QED) is 0.395. The minimum absolute atomic E-state index is 0. The van der Waals surface area contributed by atoms with Crippen LogP contribution in [0.3, 0.4) is 0 Å². The van der Waals surface area contributed by atoms with E-state index in [0.717, 1.165) is 32.0 Å². The van der Waals surface area contributed by atoms with Crippen LogP contribution in [0.2, 0.25) is 0 Å². The molecule has 25 heavy (non-hydrogen) atoms. The summed E-state index contributed by atoms with van der Waals surface area (Å²) in [5, 5.41) is 4.46. The summed E-state index contributed by atoms with van der Waals surface area (Å²) < 4.78 is 2.18. The highest BCUT2D eigenvalue weighted by Gasteiger charge is 2.07. The maximum Gasteiger partial charge on any atom is 0.147 e. The molecule has 0 aliphatic rings. The lowest BCUT2D eigenvalue weighted by molar-refractivity contribution is 1.15. The molecule has 0 aliphatic carbocycles. The van der Waals surface area contributed by atoms with Crippen LogP contribution in [0.15, 0.2) is 61.1 Å². The topological polar surface area (TPSA) is 50.7 Å². The molecule has 0 atom stereocenters. The first kappa shape index (κ1) is 18.0. The number of nitrogens with zero attached hydrogens (tertiary/aromatic N) is 3. The Balaban J connectivity index is 0.00000182. The van der Waals surface area contributed by atoms with Crippen molar-refractivity contribution < 1.29 is 0 Å². The number of rotatable bonds is 4. The number of hydrogen-bond acceptors (Lipinski definition) is 5. The van der Waals surface area contributed by atoms with E-state index in [2.05, 4.69) is 80.3 Å². The van der Waals surface area contributed by atoms with Crippen LogP contribution < -0.4 is 5.32 Å². The van der Waals surface area contributed by atoms with Gasteiger partial charge < -0.3 is 5.32 Å². The minimum atomic E-state index is 0. The summed E-state index contributed by atoms with van der Waals surface area (Å²) in [5.41, 5.74) is 3.28. The molecule has 2 aromatic heterocycles. The Hall–Kier alpha value is -1.77. The van der Waals surface area contributed by atoms with E-state index in [9.17, 15) is 0 Å². The summed E-state index contributed by atoms with van der Waals surface area (Å²) in [4.78, 5) is 13.1. The largest absolute Gasteiger partial charge is 0.339 e. The third-order valence-corrected chi connectivity index (χ3v) is 5.39. The number of benzene rings is 2. The van der Waals surface area contributed by atoms with E-state index >= 15 is 0 Å². The van der Waals surface area contributed by atoms with Gasteiger partial charge in [-0.1, -0.05) is 30.3 Å². The summed E-state index contributed by atoms with van der Waals surface area (Å²) in [5.74, 6) is 0.810. The van der Waals surface area contributed by atoms with Gasteiger partial charge in [-0.15, -0.1) is 23.7 Å². The van der Waals surface area contributed by atoms with Crippen LogP contribution in [0.25, 0.3) is 10.2 Å². The second-order valence-electron chi connectivity index (χ2n) is 5.30. The second-order valence-corrected chi connectivity index (χ2v) is 7.57. The van der Waals surface area contributed by atoms with Crippen LogP contribution >= 0.6 is 46.3 Å². The Morgan fingerprint density at radius 1 is 1.08 bits per heavy atom. The predicted octanol–water partition coefficient (Wildman–Crippen LogP) is 5.45. The molecule has 0 saturated heterocycles. The number of thiazole rings is 1. The molecule has 0 spiro atoms. The van der Waals surface area contributed by atoms with Crippen LogP contribution in [-0.2, 0) is 6.42 Å². The average Bonchev–Trinajstić information content (AvgIpc) is 2.99. The van der Waals surface area contributed by atoms with Gasteiger partial charge in [0.1, 0.15) is 12.1 Å². The van der Waals surface area contributed by atoms with Crippen molar-refractivity contribution in [2.24, 2.45) is 0 Å². The molecular formula is C18H14ClIN4S. The van der Waals surface area contributed by atoms with Gasteiger partial charge in [0.05, 0.1) is 18.8 Å². The van der Waals surface area contributed by atoms with E-state index in [0.29, 0.717) is 0 Å². The summed E-state index contributed by atoms with van der Waals surface area (Å²) in [7, 11) is 0. The fraction of sp³-hybridized carbons (Fsp3) is 0.0556. The first-order chi connectivity index (χ1) is 11.8. The lowest BCUT2D eigenvalue weighted by Gasteiger charge is -2.06. The van der Waals surface area contributed by atoms with Gasteiger partial charge in [-0.05, 0) is 46.4 Å². The molecule has 0 amide bonds. The predicted molar refractivity (Wildman–Crippen MR) is 114 cm³/mol. The van der Waals surface area contributed by atoms with Crippen molar-refractivity contribution >= 4 is 68.1 Å². The van der Waals surface area contributed by atoms with Gasteiger partial charge in [-0.2, -0.15) is 0 Å². The van der Waals surface area contributed by atoms with Crippen molar-refractivity contribution in [2.45, 2.75) is 6.42 Å². The van der Waals surface area contributed by atoms with Crippen LogP contribution in [-0.4, -0.2) is 15.0 Å². The number of halogens is 2. The monoisotopic (exact) mass is 480 g/mol. The summed E-state index contributed by atoms with van der Waals surface area (Å²) in [6.45, 7) is 0. The summed E-state index contributed by atoms with van der Waals surface area (Å²) >= 11 is 3.96. The molecular weight excluding hydrogens is 467 g/mol. The number of hydrogen-bond donors (Lipinski definition) is 1. The van der Waals surface area contributed by atoms with Crippen LogP contribution in [0.5, 0.6) is 0 Å². The van der Waals surface area contributed by atoms with E-state index in [1.807, 2.05) is 6.07 Å². The highest BCUT2D eigenvalue weighted by Crippen LogP contribution is 2.28. The maximum absolute atomic E-state index is 4.78. The van der Waals surface area contributed by atoms with E-state index in [1.165, 1.54) is 10.3 Å². The lowest BCUT2D eigenvalue weighted by atomic mass is 10.2. The number of fused-ring (bicyclic) bond motifs is 1. The molecule has 2 heterocycles. The highest BCUT2D eigenvalue weighted by atomic mass is 127. The molecule has 7 heteroatoms. The van der Waals surface area contributed by atoms with Gasteiger partial charge in [0.2, 0.25) is 0 Å². The van der Waals surface area contributed by atoms with Crippen molar-refractivity contribution in [3.63, 3.8) is 0 Å². The van der Waals surface area contributed by atoms with Gasteiger partial charge in [0, 0.05) is 18.3 Å². The van der Waals surface area contributed by atoms with Gasteiger partial charge in [-0.3, -0.25) is 0 Å². The number of anilines is 2. The maximum atomic E-state index is 4.78. The lowest BCUT2D eigenvalue weighted by Crippen LogP contribution is -1.96. The standard InChI is InChI=1S/C18H13IN4S.ClH/c19-14-10-20-11-21-18(14)22-13-6-7-16-15(9-13)23-17(24-16)8-12-4-2-1-3-5-12;/h1-7,9-11H,8H2,(H,20,21,22);1H. The fourth-order valence-electron chi connectivity index (χ4n) is 2.44. The molecule has 126 valence electrons. The van der Waals surface area contributed by atoms with E-state index in [1.54, 1.807) is 23.9 Å². The van der Waals surface area contributed by atoms with E-state index in [-0.39, 0.29) is 12.4 Å². The van der Waals surface area contributed by atoms with Crippen molar-refractivity contribution in [1.82, 2.24) is 15.0 Å². The third kappa shape index (κ3) is 4.26. The van der Waals surface area contributed by atoms with Gasteiger partial charge in [-0.25, -0.2) is 15.0 Å². The van der Waals surface area contributed by atoms with E-state index < -0.39 is 0 Å². The Bertz CT molecular complexity index is 991. The van der Waals surface area contributed by atoms with Gasteiger partial charge in [0.15, 0.2) is 0 Å². The molecule has 1 N–H and O–H groups in total. The summed E-state index contributed by atoms with van der Waals surface area (Å²) in [6, 6.07) is 16.7. The third-order valence-electron chi connectivity index (χ3n) is 3.56. The molecule has 4 rings (SSSR count). The van der Waals surface area contributed by atoms with E-state index in [4.69, 9.17) is 4.98 Å². The Morgan fingerprint density at radius 2 is 1.92 bits per heavy atom. The van der Waals surface area contributed by atoms with Gasteiger partial charge >= 0.3 is 0 Å². The van der Waals surface area contributed by atoms with Crippen molar-refractivity contribution in [3.05, 3.63) is 75.2 Å². The Labute approximate surface area is 169 Å². The van der Waals surface area contributed by atoms with Crippen molar-refractivity contribution in [1.29, 1.82) is 0 Å². The summed E-state index contributed by atoms with van der Waals surface area (Å²) in [6.07, 6.45) is 4.20. The first-order valence-corrected chi connectivity index (χ1v) is 9.33. The normalized spacial score (nSPS) is 10.4. The Morgan fingerprint density at radius 3 is 2.72 bits per heavy atom. The molecule has 0 radical (unpaired) electrons. The zero-order valence-electron chi connectivity index (χ0n) is 13.0. The number of nitrogens with one attached hydrogen (secondary N) is 1. The molecule has 4 aromatic rings. The zero-order valence-corrected chi connectivity index (χ0v) is 16.8.